The Morgan fingerprint density at radius 3 is 2.84 bits per heavy atom. The topological polar surface area (TPSA) is 49.3 Å². The summed E-state index contributed by atoms with van der Waals surface area (Å²) in [6.07, 6.45) is 1.93. The van der Waals surface area contributed by atoms with Crippen LogP contribution >= 0.6 is 23.1 Å². The normalized spacial score (nSPS) is 14.3. The first kappa shape index (κ1) is 14.4. The fourth-order valence-electron chi connectivity index (χ4n) is 1.90. The lowest BCUT2D eigenvalue weighted by molar-refractivity contribution is 0.0940. The summed E-state index contributed by atoms with van der Waals surface area (Å²) in [5.74, 6) is -0.0683. The van der Waals surface area contributed by atoms with E-state index in [1.54, 1.807) is 11.8 Å². The first-order chi connectivity index (χ1) is 9.15. The second-order valence-electron chi connectivity index (χ2n) is 4.37. The molecule has 2 rings (SSSR count). The molecule has 0 aliphatic carbocycles. The Balaban J connectivity index is 2.11. The van der Waals surface area contributed by atoms with E-state index >= 15 is 0 Å². The average molecular weight is 295 g/mol. The van der Waals surface area contributed by atoms with Crippen molar-refractivity contribution in [2.24, 2.45) is 0 Å². The molecule has 2 aromatic rings. The number of carbonyl (C=O) groups excluding carboxylic acids is 1. The Labute approximate surface area is 121 Å². The van der Waals surface area contributed by atoms with Gasteiger partial charge in [0, 0.05) is 16.0 Å². The average Bonchev–Trinajstić information content (AvgIpc) is 2.84. The molecular formula is C14H17NO2S2. The molecule has 1 amide bonds. The van der Waals surface area contributed by atoms with Crippen LogP contribution in [0.25, 0.3) is 10.1 Å². The van der Waals surface area contributed by atoms with Gasteiger partial charge in [0.25, 0.3) is 5.91 Å². The molecule has 0 spiro atoms. The molecule has 2 atom stereocenters. The lowest BCUT2D eigenvalue weighted by Gasteiger charge is -2.20. The minimum Gasteiger partial charge on any atom is -0.395 e. The molecule has 102 valence electrons. The second-order valence-corrected chi connectivity index (χ2v) is 6.53. The standard InChI is InChI=1S/C14H17NO2S2/c1-9(13(8-16)18-2)15-14(17)12-7-10-5-3-4-6-11(10)19-12/h3-7,9,13,16H,8H2,1-2H3,(H,15,17)/t9-,13-/m0/s1. The Morgan fingerprint density at radius 2 is 2.21 bits per heavy atom. The summed E-state index contributed by atoms with van der Waals surface area (Å²) in [7, 11) is 0. The van der Waals surface area contributed by atoms with Crippen LogP contribution in [0.3, 0.4) is 0 Å². The number of benzene rings is 1. The molecule has 0 radical (unpaired) electrons. The van der Waals surface area contributed by atoms with Crippen molar-refractivity contribution in [3.63, 3.8) is 0 Å². The van der Waals surface area contributed by atoms with Crippen LogP contribution < -0.4 is 5.32 Å². The fourth-order valence-corrected chi connectivity index (χ4v) is 3.49. The molecular weight excluding hydrogens is 278 g/mol. The number of nitrogens with one attached hydrogen (secondary N) is 1. The van der Waals surface area contributed by atoms with Crippen molar-refractivity contribution in [1.29, 1.82) is 0 Å². The van der Waals surface area contributed by atoms with E-state index in [-0.39, 0.29) is 23.8 Å². The van der Waals surface area contributed by atoms with Gasteiger partial charge in [-0.15, -0.1) is 11.3 Å². The van der Waals surface area contributed by atoms with Crippen LogP contribution in [-0.2, 0) is 0 Å². The summed E-state index contributed by atoms with van der Waals surface area (Å²) < 4.78 is 1.11. The number of hydrogen-bond acceptors (Lipinski definition) is 4. The molecule has 2 N–H and O–H groups in total. The van der Waals surface area contributed by atoms with E-state index in [9.17, 15) is 9.90 Å². The van der Waals surface area contributed by atoms with Crippen molar-refractivity contribution < 1.29 is 9.90 Å². The second kappa shape index (κ2) is 6.41. The Hall–Kier alpha value is -1.04. The number of aliphatic hydroxyl groups excluding tert-OH is 1. The van der Waals surface area contributed by atoms with Crippen molar-refractivity contribution in [3.05, 3.63) is 35.2 Å². The Morgan fingerprint density at radius 1 is 1.47 bits per heavy atom. The molecule has 19 heavy (non-hydrogen) atoms. The monoisotopic (exact) mass is 295 g/mol. The smallest absolute Gasteiger partial charge is 0.261 e. The van der Waals surface area contributed by atoms with Crippen molar-refractivity contribution in [1.82, 2.24) is 5.32 Å². The molecule has 0 fully saturated rings. The van der Waals surface area contributed by atoms with Gasteiger partial charge in [-0.05, 0) is 30.7 Å². The minimum absolute atomic E-state index is 0.0262. The SMILES string of the molecule is CS[C@@H](CO)[C@H](C)NC(=O)c1cc2ccccc2s1. The third kappa shape index (κ3) is 3.29. The van der Waals surface area contributed by atoms with Gasteiger partial charge in [0.1, 0.15) is 0 Å². The Bertz CT molecular complexity index is 530. The van der Waals surface area contributed by atoms with Crippen LogP contribution in [0.5, 0.6) is 0 Å². The zero-order valence-electron chi connectivity index (χ0n) is 10.9. The van der Waals surface area contributed by atoms with E-state index in [0.717, 1.165) is 10.1 Å². The van der Waals surface area contributed by atoms with Crippen molar-refractivity contribution in [2.75, 3.05) is 12.9 Å². The largest absolute Gasteiger partial charge is 0.395 e. The van der Waals surface area contributed by atoms with Crippen molar-refractivity contribution in [2.45, 2.75) is 18.2 Å². The molecule has 1 aromatic heterocycles. The highest BCUT2D eigenvalue weighted by Gasteiger charge is 2.19. The fraction of sp³-hybridized carbons (Fsp3) is 0.357. The highest BCUT2D eigenvalue weighted by molar-refractivity contribution is 7.99. The maximum atomic E-state index is 12.2. The highest BCUT2D eigenvalue weighted by Crippen LogP contribution is 2.25. The molecule has 1 heterocycles. The van der Waals surface area contributed by atoms with Gasteiger partial charge in [-0.3, -0.25) is 4.79 Å². The lowest BCUT2D eigenvalue weighted by atomic mass is 10.2. The molecule has 5 heteroatoms. The molecule has 3 nitrogen and oxygen atoms in total. The van der Waals surface area contributed by atoms with Crippen molar-refractivity contribution >= 4 is 39.1 Å². The van der Waals surface area contributed by atoms with E-state index in [4.69, 9.17) is 0 Å². The number of hydrogen-bond donors (Lipinski definition) is 2. The quantitative estimate of drug-likeness (QED) is 0.892. The summed E-state index contributed by atoms with van der Waals surface area (Å²) in [6, 6.07) is 9.81. The molecule has 1 aromatic carbocycles. The zero-order valence-corrected chi connectivity index (χ0v) is 12.6. The van der Waals surface area contributed by atoms with Crippen LogP contribution in [0, 0.1) is 0 Å². The first-order valence-corrected chi connectivity index (χ1v) is 8.19. The zero-order chi connectivity index (χ0) is 13.8. The summed E-state index contributed by atoms with van der Waals surface area (Å²) in [5.41, 5.74) is 0. The summed E-state index contributed by atoms with van der Waals surface area (Å²) in [5, 5.41) is 13.3. The number of amides is 1. The van der Waals surface area contributed by atoms with Gasteiger partial charge in [-0.25, -0.2) is 0 Å². The van der Waals surface area contributed by atoms with Crippen LogP contribution in [0.2, 0.25) is 0 Å². The third-order valence-corrected chi connectivity index (χ3v) is 5.33. The van der Waals surface area contributed by atoms with Gasteiger partial charge in [-0.1, -0.05) is 18.2 Å². The molecule has 0 unspecified atom stereocenters. The van der Waals surface area contributed by atoms with Gasteiger partial charge in [0.05, 0.1) is 11.5 Å². The summed E-state index contributed by atoms with van der Waals surface area (Å²) in [4.78, 5) is 12.9. The predicted molar refractivity (Wildman–Crippen MR) is 83.1 cm³/mol. The molecule has 0 saturated heterocycles. The highest BCUT2D eigenvalue weighted by atomic mass is 32.2. The van der Waals surface area contributed by atoms with Gasteiger partial charge < -0.3 is 10.4 Å². The number of fused-ring (bicyclic) bond motifs is 1. The molecule has 0 saturated carbocycles. The van der Waals surface area contributed by atoms with Gasteiger partial charge in [-0.2, -0.15) is 11.8 Å². The maximum Gasteiger partial charge on any atom is 0.261 e. The molecule has 0 aliphatic heterocycles. The van der Waals surface area contributed by atoms with Crippen LogP contribution in [0.1, 0.15) is 16.6 Å². The third-order valence-electron chi connectivity index (χ3n) is 3.05. The van der Waals surface area contributed by atoms with E-state index < -0.39 is 0 Å². The minimum atomic E-state index is -0.0683. The van der Waals surface area contributed by atoms with Crippen LogP contribution in [-0.4, -0.2) is 35.2 Å². The van der Waals surface area contributed by atoms with E-state index in [2.05, 4.69) is 5.32 Å². The van der Waals surface area contributed by atoms with Crippen molar-refractivity contribution in [3.8, 4) is 0 Å². The van der Waals surface area contributed by atoms with Crippen LogP contribution in [0.4, 0.5) is 0 Å². The molecule has 0 aliphatic rings. The number of thiophene rings is 1. The lowest BCUT2D eigenvalue weighted by Crippen LogP contribution is -2.40. The van der Waals surface area contributed by atoms with Gasteiger partial charge >= 0.3 is 0 Å². The molecule has 0 bridgehead atoms. The van der Waals surface area contributed by atoms with E-state index in [0.29, 0.717) is 4.88 Å². The number of aliphatic hydroxyl groups is 1. The van der Waals surface area contributed by atoms with Gasteiger partial charge in [0.15, 0.2) is 0 Å². The summed E-state index contributed by atoms with van der Waals surface area (Å²) >= 11 is 3.05. The maximum absolute atomic E-state index is 12.2. The van der Waals surface area contributed by atoms with Crippen LogP contribution in [0.15, 0.2) is 30.3 Å². The summed E-state index contributed by atoms with van der Waals surface area (Å²) in [6.45, 7) is 1.98. The number of rotatable bonds is 5. The van der Waals surface area contributed by atoms with E-state index in [1.165, 1.54) is 11.3 Å². The Kier molecular flexibility index (Phi) is 4.85. The predicted octanol–water partition coefficient (Wildman–Crippen LogP) is 2.74. The first-order valence-electron chi connectivity index (χ1n) is 6.08. The van der Waals surface area contributed by atoms with E-state index in [1.807, 2.05) is 43.5 Å². The van der Waals surface area contributed by atoms with Gasteiger partial charge in [0.2, 0.25) is 0 Å². The number of thioether (sulfide) groups is 1. The number of carbonyl (C=O) groups is 1.